The first-order valence-electron chi connectivity index (χ1n) is 6.18. The summed E-state index contributed by atoms with van der Waals surface area (Å²) < 4.78 is 29.0. The average molecular weight is 313 g/mol. The second kappa shape index (κ2) is 5.60. The molecule has 0 aliphatic heterocycles. The molecule has 0 aliphatic carbocycles. The highest BCUT2D eigenvalue weighted by molar-refractivity contribution is 7.89. The van der Waals surface area contributed by atoms with Crippen LogP contribution in [-0.4, -0.2) is 13.0 Å². The van der Waals surface area contributed by atoms with Crippen LogP contribution in [0.25, 0.3) is 0 Å². The molecular formula is C14H17ClN2O2S. The summed E-state index contributed by atoms with van der Waals surface area (Å²) in [6.07, 6.45) is 0. The molecule has 0 saturated heterocycles. The first-order valence-corrected chi connectivity index (χ1v) is 8.04. The minimum absolute atomic E-state index is 0.215. The van der Waals surface area contributed by atoms with E-state index in [-0.39, 0.29) is 11.4 Å². The van der Waals surface area contributed by atoms with E-state index in [1.165, 1.54) is 12.1 Å². The number of halogens is 1. The number of nitrogens with zero attached hydrogens (tertiary/aromatic N) is 1. The SMILES string of the molecule is Cc1cc(CNS(=O)(=O)c2ccc(Cl)cc2)c(C)n1C. The second-order valence-electron chi connectivity index (χ2n) is 4.73. The molecular weight excluding hydrogens is 296 g/mol. The highest BCUT2D eigenvalue weighted by Crippen LogP contribution is 2.16. The molecule has 0 radical (unpaired) electrons. The highest BCUT2D eigenvalue weighted by atomic mass is 35.5. The molecule has 1 aromatic heterocycles. The summed E-state index contributed by atoms with van der Waals surface area (Å²) in [5.74, 6) is 0. The van der Waals surface area contributed by atoms with Crippen LogP contribution >= 0.6 is 11.6 Å². The zero-order chi connectivity index (χ0) is 14.9. The van der Waals surface area contributed by atoms with Gasteiger partial charge in [0, 0.05) is 30.0 Å². The zero-order valence-electron chi connectivity index (χ0n) is 11.6. The Kier molecular flexibility index (Phi) is 4.22. The molecule has 0 unspecified atom stereocenters. The third-order valence-corrected chi connectivity index (χ3v) is 5.13. The van der Waals surface area contributed by atoms with Crippen LogP contribution in [0.3, 0.4) is 0 Å². The minimum Gasteiger partial charge on any atom is -0.352 e. The van der Waals surface area contributed by atoms with E-state index >= 15 is 0 Å². The number of hydrogen-bond donors (Lipinski definition) is 1. The van der Waals surface area contributed by atoms with Crippen LogP contribution in [0.5, 0.6) is 0 Å². The summed E-state index contributed by atoms with van der Waals surface area (Å²) in [4.78, 5) is 0.215. The van der Waals surface area contributed by atoms with E-state index in [4.69, 9.17) is 11.6 Å². The van der Waals surface area contributed by atoms with Crippen LogP contribution in [0, 0.1) is 13.8 Å². The molecule has 0 atom stereocenters. The molecule has 0 aliphatic rings. The molecule has 0 bridgehead atoms. The van der Waals surface area contributed by atoms with Gasteiger partial charge in [-0.05, 0) is 49.7 Å². The molecule has 0 saturated carbocycles. The van der Waals surface area contributed by atoms with Crippen LogP contribution in [0.15, 0.2) is 35.2 Å². The van der Waals surface area contributed by atoms with Gasteiger partial charge in [0.2, 0.25) is 10.0 Å². The number of sulfonamides is 1. The van der Waals surface area contributed by atoms with Gasteiger partial charge in [-0.15, -0.1) is 0 Å². The molecule has 0 fully saturated rings. The van der Waals surface area contributed by atoms with Crippen molar-refractivity contribution in [1.29, 1.82) is 0 Å². The number of rotatable bonds is 4. The molecule has 20 heavy (non-hydrogen) atoms. The molecule has 1 aromatic carbocycles. The number of benzene rings is 1. The van der Waals surface area contributed by atoms with Gasteiger partial charge < -0.3 is 4.57 Å². The number of aryl methyl sites for hydroxylation is 1. The zero-order valence-corrected chi connectivity index (χ0v) is 13.2. The van der Waals surface area contributed by atoms with Crippen molar-refractivity contribution < 1.29 is 8.42 Å². The van der Waals surface area contributed by atoms with Gasteiger partial charge in [-0.1, -0.05) is 11.6 Å². The fraction of sp³-hybridized carbons (Fsp3) is 0.286. The van der Waals surface area contributed by atoms with Gasteiger partial charge >= 0.3 is 0 Å². The predicted octanol–water partition coefficient (Wildman–Crippen LogP) is 2.77. The fourth-order valence-corrected chi connectivity index (χ4v) is 3.11. The van der Waals surface area contributed by atoms with Gasteiger partial charge in [0.05, 0.1) is 4.90 Å². The van der Waals surface area contributed by atoms with E-state index in [1.54, 1.807) is 12.1 Å². The number of nitrogens with one attached hydrogen (secondary N) is 1. The van der Waals surface area contributed by atoms with Crippen LogP contribution in [0.1, 0.15) is 17.0 Å². The van der Waals surface area contributed by atoms with Crippen molar-refractivity contribution >= 4 is 21.6 Å². The average Bonchev–Trinajstić information content (AvgIpc) is 2.64. The van der Waals surface area contributed by atoms with Crippen LogP contribution < -0.4 is 4.72 Å². The Hall–Kier alpha value is -1.30. The Labute approximate surface area is 124 Å². The molecule has 1 N–H and O–H groups in total. The van der Waals surface area contributed by atoms with E-state index in [1.807, 2.05) is 31.5 Å². The monoisotopic (exact) mass is 312 g/mol. The standard InChI is InChI=1S/C14H17ClN2O2S/c1-10-8-12(11(2)17(10)3)9-16-20(18,19)14-6-4-13(15)5-7-14/h4-8,16H,9H2,1-3H3. The normalized spacial score (nSPS) is 11.8. The van der Waals surface area contributed by atoms with Gasteiger partial charge in [-0.25, -0.2) is 13.1 Å². The lowest BCUT2D eigenvalue weighted by molar-refractivity contribution is 0.581. The molecule has 2 aromatic rings. The third-order valence-electron chi connectivity index (χ3n) is 3.46. The lowest BCUT2D eigenvalue weighted by Crippen LogP contribution is -2.23. The number of hydrogen-bond acceptors (Lipinski definition) is 2. The van der Waals surface area contributed by atoms with Gasteiger partial charge in [-0.3, -0.25) is 0 Å². The van der Waals surface area contributed by atoms with Crippen molar-refractivity contribution in [2.45, 2.75) is 25.3 Å². The van der Waals surface area contributed by atoms with E-state index in [9.17, 15) is 8.42 Å². The van der Waals surface area contributed by atoms with Gasteiger partial charge in [0.1, 0.15) is 0 Å². The molecule has 0 amide bonds. The maximum atomic E-state index is 12.2. The third kappa shape index (κ3) is 3.06. The van der Waals surface area contributed by atoms with E-state index < -0.39 is 10.0 Å². The van der Waals surface area contributed by atoms with Crippen LogP contribution in [-0.2, 0) is 23.6 Å². The maximum absolute atomic E-state index is 12.2. The van der Waals surface area contributed by atoms with E-state index in [0.29, 0.717) is 5.02 Å². The smallest absolute Gasteiger partial charge is 0.240 e. The Morgan fingerprint density at radius 2 is 1.80 bits per heavy atom. The maximum Gasteiger partial charge on any atom is 0.240 e. The van der Waals surface area contributed by atoms with Crippen molar-refractivity contribution in [1.82, 2.24) is 9.29 Å². The Bertz CT molecular complexity index is 718. The summed E-state index contributed by atoms with van der Waals surface area (Å²) in [7, 11) is -1.55. The van der Waals surface area contributed by atoms with Crippen LogP contribution in [0.2, 0.25) is 5.02 Å². The van der Waals surface area contributed by atoms with E-state index in [2.05, 4.69) is 4.72 Å². The van der Waals surface area contributed by atoms with Crippen LogP contribution in [0.4, 0.5) is 0 Å². The first-order chi connectivity index (χ1) is 9.31. The minimum atomic E-state index is -3.51. The molecule has 1 heterocycles. The summed E-state index contributed by atoms with van der Waals surface area (Å²) in [6.45, 7) is 4.24. The molecule has 108 valence electrons. The summed E-state index contributed by atoms with van der Waals surface area (Å²) in [5.41, 5.74) is 3.13. The Morgan fingerprint density at radius 1 is 1.20 bits per heavy atom. The van der Waals surface area contributed by atoms with E-state index in [0.717, 1.165) is 17.0 Å². The Morgan fingerprint density at radius 3 is 2.30 bits per heavy atom. The van der Waals surface area contributed by atoms with Gasteiger partial charge in [-0.2, -0.15) is 0 Å². The predicted molar refractivity (Wildman–Crippen MR) is 80.4 cm³/mol. The van der Waals surface area contributed by atoms with Crippen molar-refractivity contribution in [3.05, 3.63) is 52.3 Å². The Balaban J connectivity index is 2.17. The van der Waals surface area contributed by atoms with Crippen molar-refractivity contribution in [3.63, 3.8) is 0 Å². The van der Waals surface area contributed by atoms with Gasteiger partial charge in [0.25, 0.3) is 0 Å². The largest absolute Gasteiger partial charge is 0.352 e. The molecule has 4 nitrogen and oxygen atoms in total. The van der Waals surface area contributed by atoms with Gasteiger partial charge in [0.15, 0.2) is 0 Å². The lowest BCUT2D eigenvalue weighted by atomic mass is 10.2. The fourth-order valence-electron chi connectivity index (χ4n) is 1.98. The summed E-state index contributed by atoms with van der Waals surface area (Å²) >= 11 is 5.76. The lowest BCUT2D eigenvalue weighted by Gasteiger charge is -2.07. The molecule has 0 spiro atoms. The van der Waals surface area contributed by atoms with Crippen molar-refractivity contribution in [3.8, 4) is 0 Å². The highest BCUT2D eigenvalue weighted by Gasteiger charge is 2.15. The second-order valence-corrected chi connectivity index (χ2v) is 6.94. The molecule has 2 rings (SSSR count). The topological polar surface area (TPSA) is 51.1 Å². The number of aromatic nitrogens is 1. The van der Waals surface area contributed by atoms with Crippen molar-refractivity contribution in [2.24, 2.45) is 7.05 Å². The summed E-state index contributed by atoms with van der Waals surface area (Å²) in [5, 5.41) is 0.512. The van der Waals surface area contributed by atoms with Crippen molar-refractivity contribution in [2.75, 3.05) is 0 Å². The quantitative estimate of drug-likeness (QED) is 0.944. The molecule has 6 heteroatoms. The first kappa shape index (κ1) is 15.1. The summed E-state index contributed by atoms with van der Waals surface area (Å²) in [6, 6.07) is 8.10.